The van der Waals surface area contributed by atoms with Crippen molar-refractivity contribution in [2.75, 3.05) is 6.54 Å². The van der Waals surface area contributed by atoms with Gasteiger partial charge in [-0.1, -0.05) is 107 Å². The molecule has 3 aromatic carbocycles. The van der Waals surface area contributed by atoms with Gasteiger partial charge in [-0.15, -0.1) is 0 Å². The summed E-state index contributed by atoms with van der Waals surface area (Å²) < 4.78 is 41.3. The van der Waals surface area contributed by atoms with Crippen LogP contribution < -0.4 is 36.1 Å². The number of amides is 6. The van der Waals surface area contributed by atoms with Crippen molar-refractivity contribution >= 4 is 62.9 Å². The average Bonchev–Trinajstić information content (AvgIpc) is 3.73. The number of nitrogens with one attached hydrogen (secondary N) is 7. The quantitative estimate of drug-likeness (QED) is 0.0235. The molecule has 0 bridgehead atoms. The van der Waals surface area contributed by atoms with Gasteiger partial charge in [0, 0.05) is 36.0 Å². The number of aryl methyl sites for hydroxylation is 1. The van der Waals surface area contributed by atoms with Crippen molar-refractivity contribution in [2.24, 2.45) is 0 Å². The number of ether oxygens (including phenoxy) is 1. The van der Waals surface area contributed by atoms with Crippen molar-refractivity contribution in [1.29, 1.82) is 0 Å². The maximum Gasteiger partial charge on any atom is 0.446 e. The number of unbranched alkanes of at least 4 members (excludes halogenated alkanes) is 3. The summed E-state index contributed by atoms with van der Waals surface area (Å²) in [6.07, 6.45) is 5.70. The molecule has 1 heterocycles. The molecular weight excluding hydrogens is 963 g/mol. The summed E-state index contributed by atoms with van der Waals surface area (Å²) in [5, 5.41) is 26.7. The maximum atomic E-state index is 14.3. The summed E-state index contributed by atoms with van der Waals surface area (Å²) in [5.41, 5.74) is 2.13. The van der Waals surface area contributed by atoms with Crippen LogP contribution in [-0.4, -0.2) is 107 Å². The number of carboxylic acid groups (broad SMARTS) is 1. The van der Waals surface area contributed by atoms with Crippen LogP contribution in [-0.2, 0) is 63.2 Å². The molecule has 21 heteroatoms. The van der Waals surface area contributed by atoms with Crippen LogP contribution in [0.3, 0.4) is 0 Å². The van der Waals surface area contributed by atoms with E-state index in [9.17, 15) is 47.1 Å². The molecule has 0 aliphatic rings. The predicted octanol–water partition coefficient (Wildman–Crippen LogP) is 5.35. The van der Waals surface area contributed by atoms with E-state index >= 15 is 0 Å². The number of aromatic nitrogens is 1. The number of rotatable bonds is 30. The number of alkyl carbamates (subject to hydrolysis) is 1. The fraction of sp³-hybridized carbons (Fsp3) is 0.481. The average molecular weight is 1030 g/mol. The van der Waals surface area contributed by atoms with Gasteiger partial charge in [-0.05, 0) is 87.8 Å². The van der Waals surface area contributed by atoms with Gasteiger partial charge in [0.15, 0.2) is 0 Å². The van der Waals surface area contributed by atoms with Gasteiger partial charge in [-0.2, -0.15) is 8.42 Å². The molecule has 0 spiro atoms. The summed E-state index contributed by atoms with van der Waals surface area (Å²) >= 11 is 0. The topological polar surface area (TPSA) is 301 Å². The first kappa shape index (κ1) is 58.6. The van der Waals surface area contributed by atoms with Crippen LogP contribution >= 0.6 is 0 Å². The molecule has 0 unspecified atom stereocenters. The molecule has 9 N–H and O–H groups in total. The molecule has 6 amide bonds. The third-order valence-electron chi connectivity index (χ3n) is 11.6. The van der Waals surface area contributed by atoms with Gasteiger partial charge in [0.25, 0.3) is 0 Å². The lowest BCUT2D eigenvalue weighted by Gasteiger charge is -2.26. The Labute approximate surface area is 426 Å². The second-order valence-electron chi connectivity index (χ2n) is 18.9. The Morgan fingerprint density at radius 2 is 1.23 bits per heavy atom. The minimum absolute atomic E-state index is 0.0157. The Balaban J connectivity index is 1.49. The first-order valence-corrected chi connectivity index (χ1v) is 26.0. The molecule has 0 saturated heterocycles. The number of carbonyl (C=O) groups is 7. The second-order valence-corrected chi connectivity index (χ2v) is 19.9. The van der Waals surface area contributed by atoms with Crippen LogP contribution in [0.15, 0.2) is 85.1 Å². The number of hydrogen-bond donors (Lipinski definition) is 9. The van der Waals surface area contributed by atoms with E-state index in [4.69, 9.17) is 9.29 Å². The normalized spacial score (nSPS) is 13.6. The fourth-order valence-corrected chi connectivity index (χ4v) is 8.32. The van der Waals surface area contributed by atoms with E-state index < -0.39 is 94.4 Å². The molecule has 5 atom stereocenters. The minimum Gasteiger partial charge on any atom is -0.481 e. The molecule has 398 valence electrons. The summed E-state index contributed by atoms with van der Waals surface area (Å²) in [4.78, 5) is 97.7. The highest BCUT2D eigenvalue weighted by Crippen LogP contribution is 2.20. The van der Waals surface area contributed by atoms with Crippen LogP contribution in [0.2, 0.25) is 0 Å². The van der Waals surface area contributed by atoms with E-state index in [1.165, 1.54) is 24.3 Å². The van der Waals surface area contributed by atoms with Gasteiger partial charge in [-0.25, -0.2) is 4.79 Å². The molecule has 0 radical (unpaired) electrons. The van der Waals surface area contributed by atoms with Gasteiger partial charge in [-0.3, -0.25) is 33.3 Å². The lowest BCUT2D eigenvalue weighted by molar-refractivity contribution is -0.138. The lowest BCUT2D eigenvalue weighted by atomic mass is 10.0. The monoisotopic (exact) mass is 1030 g/mol. The molecule has 0 fully saturated rings. The maximum absolute atomic E-state index is 14.3. The summed E-state index contributed by atoms with van der Waals surface area (Å²) in [6.45, 7) is 8.09. The number of benzene rings is 3. The van der Waals surface area contributed by atoms with E-state index in [-0.39, 0.29) is 37.9 Å². The first-order valence-electron chi connectivity index (χ1n) is 24.7. The second kappa shape index (κ2) is 28.9. The highest BCUT2D eigenvalue weighted by Gasteiger charge is 2.32. The fourth-order valence-electron chi connectivity index (χ4n) is 7.96. The number of para-hydroxylation sites is 1. The molecule has 4 aromatic rings. The third kappa shape index (κ3) is 21.7. The molecule has 0 aliphatic carbocycles. The van der Waals surface area contributed by atoms with Crippen LogP contribution in [0.5, 0.6) is 5.75 Å². The molecule has 1 aromatic heterocycles. The molecule has 73 heavy (non-hydrogen) atoms. The van der Waals surface area contributed by atoms with Crippen LogP contribution in [0, 0.1) is 0 Å². The Hall–Kier alpha value is -7.00. The van der Waals surface area contributed by atoms with Gasteiger partial charge in [0.05, 0.1) is 13.0 Å². The number of hydrogen-bond acceptors (Lipinski definition) is 11. The van der Waals surface area contributed by atoms with Gasteiger partial charge in [0.1, 0.15) is 35.5 Å². The predicted molar refractivity (Wildman–Crippen MR) is 274 cm³/mol. The Bertz CT molecular complexity index is 2570. The standard InChI is InChI=1S/C52H71N7O13S/c1-6-8-22-41(57-49(65)43(59-51(67)71-52(3,4)5)29-35-25-27-38(28-26-35)72-73(68,69)70)47(63)54-33-45(60)56-44(30-36-32-53-40-24-16-15-21-39(36)40)50(66)58-42(23-9-7-2)48(64)55-37(31-46(61)62)20-14-13-19-34-17-11-10-12-18-34/h10-12,15-18,21,24-28,32,37,41-44,53H,6-9,13-14,19-20,22-23,29-31,33H2,1-5H3,(H,54,63)(H,55,64)(H,56,60)(H,57,65)(H,58,66)(H,59,67)(H,61,62)(H,68,69,70)/t37-,41-,42-,43-,44-/m0/s1. The molecular formula is C52H71N7O13S. The van der Waals surface area contributed by atoms with Crippen molar-refractivity contribution in [2.45, 2.75) is 154 Å². The van der Waals surface area contributed by atoms with Crippen molar-refractivity contribution in [3.05, 3.63) is 102 Å². The third-order valence-corrected chi connectivity index (χ3v) is 12.0. The van der Waals surface area contributed by atoms with E-state index in [0.29, 0.717) is 49.7 Å². The Morgan fingerprint density at radius 3 is 1.84 bits per heavy atom. The van der Waals surface area contributed by atoms with Gasteiger partial charge in [0.2, 0.25) is 29.5 Å². The zero-order valence-corrected chi connectivity index (χ0v) is 43.0. The lowest BCUT2D eigenvalue weighted by Crippen LogP contribution is -2.57. The first-order chi connectivity index (χ1) is 34.6. The Morgan fingerprint density at radius 1 is 0.644 bits per heavy atom. The summed E-state index contributed by atoms with van der Waals surface area (Å²) in [7, 11) is -4.80. The van der Waals surface area contributed by atoms with Crippen molar-refractivity contribution in [1.82, 2.24) is 36.9 Å². The zero-order valence-electron chi connectivity index (χ0n) is 42.2. The highest BCUT2D eigenvalue weighted by molar-refractivity contribution is 7.81. The van der Waals surface area contributed by atoms with E-state index in [2.05, 4.69) is 41.1 Å². The molecule has 20 nitrogen and oxygen atoms in total. The Kier molecular flexibility index (Phi) is 23.2. The van der Waals surface area contributed by atoms with Crippen LogP contribution in [0.25, 0.3) is 10.9 Å². The van der Waals surface area contributed by atoms with Crippen LogP contribution in [0.4, 0.5) is 4.79 Å². The number of aliphatic carboxylic acids is 1. The van der Waals surface area contributed by atoms with Crippen molar-refractivity contribution in [3.63, 3.8) is 0 Å². The number of carbonyl (C=O) groups excluding carboxylic acids is 6. The van der Waals surface area contributed by atoms with Crippen LogP contribution in [0.1, 0.15) is 116 Å². The van der Waals surface area contributed by atoms with Crippen molar-refractivity contribution < 1.29 is 60.6 Å². The van der Waals surface area contributed by atoms with Gasteiger partial charge >= 0.3 is 22.5 Å². The minimum atomic E-state index is -4.80. The number of aromatic amines is 1. The molecule has 0 aliphatic heterocycles. The van der Waals surface area contributed by atoms with Gasteiger partial charge < -0.3 is 50.9 Å². The number of H-pyrrole nitrogens is 1. The number of fused-ring (bicyclic) bond motifs is 1. The molecule has 4 rings (SSSR count). The van der Waals surface area contributed by atoms with E-state index in [0.717, 1.165) is 29.3 Å². The summed E-state index contributed by atoms with van der Waals surface area (Å²) in [5.74, 6) is -4.79. The largest absolute Gasteiger partial charge is 0.481 e. The summed E-state index contributed by atoms with van der Waals surface area (Å²) in [6, 6.07) is 17.0. The SMILES string of the molecule is CCCC[C@H](NC(=O)[C@H](Cc1ccc(OS(=O)(=O)O)cc1)NC(=O)OC(C)(C)C)C(=O)NCC(=O)N[C@@H](Cc1c[nH]c2ccccc12)C(=O)N[C@@H](CCCC)C(=O)N[C@@H](CCCCc1ccccc1)CC(=O)O. The molecule has 0 saturated carbocycles. The van der Waals surface area contributed by atoms with E-state index in [1.54, 1.807) is 27.0 Å². The smallest absolute Gasteiger partial charge is 0.446 e. The number of carboxylic acids is 1. The highest BCUT2D eigenvalue weighted by atomic mass is 32.3. The zero-order chi connectivity index (χ0) is 53.6. The van der Waals surface area contributed by atoms with Crippen molar-refractivity contribution in [3.8, 4) is 5.75 Å². The van der Waals surface area contributed by atoms with E-state index in [1.807, 2.05) is 68.4 Å².